The number of nitrogens with zero attached hydrogens (tertiary/aromatic N) is 2. The summed E-state index contributed by atoms with van der Waals surface area (Å²) < 4.78 is 22.5. The molecule has 2 aromatic carbocycles. The van der Waals surface area contributed by atoms with Crippen LogP contribution in [0.4, 0.5) is 0 Å². The van der Waals surface area contributed by atoms with Crippen LogP contribution in [0.1, 0.15) is 33.0 Å². The summed E-state index contributed by atoms with van der Waals surface area (Å²) in [5, 5.41) is 0. The van der Waals surface area contributed by atoms with E-state index in [0.717, 1.165) is 48.0 Å². The van der Waals surface area contributed by atoms with E-state index in [9.17, 15) is 4.79 Å². The zero-order valence-electron chi connectivity index (χ0n) is 19.0. The first-order valence-electron chi connectivity index (χ1n) is 11.2. The highest BCUT2D eigenvalue weighted by atomic mass is 16.7. The Kier molecular flexibility index (Phi) is 5.96. The molecular formula is C26H28N2O5. The summed E-state index contributed by atoms with van der Waals surface area (Å²) in [5.74, 6) is 3.36. The van der Waals surface area contributed by atoms with Crippen molar-refractivity contribution in [1.82, 2.24) is 9.80 Å². The standard InChI is InChI=1S/C26H28N2O5/c1-18-3-4-19(2)24(13-18)30-16-21-6-8-23(33-21)26(29)28-11-9-27(10-12-28)15-20-5-7-22-25(14-20)32-17-31-22/h3-8,13-14H,9-12,15-17H2,1-2H3. The van der Waals surface area contributed by atoms with Crippen LogP contribution in [-0.2, 0) is 13.2 Å². The molecule has 2 aliphatic heterocycles. The second-order valence-corrected chi connectivity index (χ2v) is 8.58. The molecule has 3 aromatic rings. The number of carbonyl (C=O) groups excluding carboxylic acids is 1. The third-order valence-corrected chi connectivity index (χ3v) is 6.09. The molecule has 0 bridgehead atoms. The minimum absolute atomic E-state index is 0.0734. The van der Waals surface area contributed by atoms with Crippen molar-refractivity contribution in [2.75, 3.05) is 33.0 Å². The van der Waals surface area contributed by atoms with Gasteiger partial charge in [-0.1, -0.05) is 18.2 Å². The van der Waals surface area contributed by atoms with E-state index in [4.69, 9.17) is 18.6 Å². The SMILES string of the molecule is Cc1ccc(C)c(OCc2ccc(C(=O)N3CCN(Cc4ccc5c(c4)OCO5)CC3)o2)c1. The predicted molar refractivity (Wildman–Crippen MR) is 123 cm³/mol. The van der Waals surface area contributed by atoms with Crippen molar-refractivity contribution in [3.05, 3.63) is 76.7 Å². The van der Waals surface area contributed by atoms with Gasteiger partial charge in [-0.25, -0.2) is 0 Å². The maximum atomic E-state index is 12.9. The van der Waals surface area contributed by atoms with Gasteiger partial charge in [-0.2, -0.15) is 0 Å². The van der Waals surface area contributed by atoms with Crippen LogP contribution < -0.4 is 14.2 Å². The number of aryl methyl sites for hydroxylation is 2. The molecule has 7 nitrogen and oxygen atoms in total. The molecule has 0 saturated carbocycles. The Morgan fingerprint density at radius 2 is 1.76 bits per heavy atom. The lowest BCUT2D eigenvalue weighted by atomic mass is 10.1. The molecule has 1 saturated heterocycles. The number of ether oxygens (including phenoxy) is 3. The van der Waals surface area contributed by atoms with Crippen molar-refractivity contribution >= 4 is 5.91 Å². The fourth-order valence-corrected chi connectivity index (χ4v) is 4.14. The first kappa shape index (κ1) is 21.4. The third-order valence-electron chi connectivity index (χ3n) is 6.09. The number of rotatable bonds is 6. The van der Waals surface area contributed by atoms with Crippen molar-refractivity contribution in [3.63, 3.8) is 0 Å². The van der Waals surface area contributed by atoms with Gasteiger partial charge in [-0.05, 0) is 60.9 Å². The van der Waals surface area contributed by atoms with Crippen molar-refractivity contribution in [2.24, 2.45) is 0 Å². The van der Waals surface area contributed by atoms with Crippen LogP contribution in [0.5, 0.6) is 17.2 Å². The van der Waals surface area contributed by atoms with Crippen LogP contribution in [0, 0.1) is 13.8 Å². The zero-order chi connectivity index (χ0) is 22.8. The van der Waals surface area contributed by atoms with Gasteiger partial charge in [-0.15, -0.1) is 0 Å². The Hall–Kier alpha value is -3.45. The maximum absolute atomic E-state index is 12.9. The fraction of sp³-hybridized carbons (Fsp3) is 0.346. The van der Waals surface area contributed by atoms with Crippen molar-refractivity contribution < 1.29 is 23.4 Å². The number of carbonyl (C=O) groups is 1. The highest BCUT2D eigenvalue weighted by molar-refractivity contribution is 5.91. The van der Waals surface area contributed by atoms with E-state index in [1.54, 1.807) is 6.07 Å². The van der Waals surface area contributed by atoms with Crippen molar-refractivity contribution in [3.8, 4) is 17.2 Å². The molecule has 0 unspecified atom stereocenters. The number of piperazine rings is 1. The summed E-state index contributed by atoms with van der Waals surface area (Å²) in [6, 6.07) is 15.7. The van der Waals surface area contributed by atoms with Gasteiger partial charge in [0.2, 0.25) is 6.79 Å². The molecule has 2 aliphatic rings. The Morgan fingerprint density at radius 3 is 2.61 bits per heavy atom. The number of benzene rings is 2. The molecule has 0 spiro atoms. The molecule has 1 fully saturated rings. The van der Waals surface area contributed by atoms with Gasteiger partial charge in [0.05, 0.1) is 0 Å². The van der Waals surface area contributed by atoms with Crippen molar-refractivity contribution in [1.29, 1.82) is 0 Å². The number of fused-ring (bicyclic) bond motifs is 1. The van der Waals surface area contributed by atoms with Crippen LogP contribution in [0.15, 0.2) is 52.9 Å². The second-order valence-electron chi connectivity index (χ2n) is 8.58. The summed E-state index contributed by atoms with van der Waals surface area (Å²) in [5.41, 5.74) is 3.39. The van der Waals surface area contributed by atoms with Crippen LogP contribution in [0.25, 0.3) is 0 Å². The van der Waals surface area contributed by atoms with E-state index in [1.165, 1.54) is 5.56 Å². The molecule has 1 aromatic heterocycles. The molecule has 5 rings (SSSR count). The molecule has 172 valence electrons. The number of amides is 1. The third kappa shape index (κ3) is 4.83. The largest absolute Gasteiger partial charge is 0.485 e. The van der Waals surface area contributed by atoms with Crippen LogP contribution in [-0.4, -0.2) is 48.7 Å². The van der Waals surface area contributed by atoms with Crippen LogP contribution in [0.3, 0.4) is 0 Å². The minimum Gasteiger partial charge on any atom is -0.485 e. The molecule has 3 heterocycles. The van der Waals surface area contributed by atoms with E-state index >= 15 is 0 Å². The topological polar surface area (TPSA) is 64.4 Å². The van der Waals surface area contributed by atoms with Crippen LogP contribution in [0.2, 0.25) is 0 Å². The van der Waals surface area contributed by atoms with E-state index in [1.807, 2.05) is 49.1 Å². The highest BCUT2D eigenvalue weighted by Gasteiger charge is 2.25. The molecule has 33 heavy (non-hydrogen) atoms. The highest BCUT2D eigenvalue weighted by Crippen LogP contribution is 2.33. The summed E-state index contributed by atoms with van der Waals surface area (Å²) in [7, 11) is 0. The Labute approximate surface area is 193 Å². The summed E-state index contributed by atoms with van der Waals surface area (Å²) in [4.78, 5) is 17.1. The molecular weight excluding hydrogens is 420 g/mol. The summed E-state index contributed by atoms with van der Waals surface area (Å²) >= 11 is 0. The predicted octanol–water partition coefficient (Wildman–Crippen LogP) is 4.16. The number of hydrogen-bond acceptors (Lipinski definition) is 6. The second kappa shape index (κ2) is 9.19. The van der Waals surface area contributed by atoms with Gasteiger partial charge in [0.1, 0.15) is 18.1 Å². The van der Waals surface area contributed by atoms with Gasteiger partial charge in [0.15, 0.2) is 17.3 Å². The minimum atomic E-state index is -0.0734. The maximum Gasteiger partial charge on any atom is 0.289 e. The first-order chi connectivity index (χ1) is 16.0. The number of furan rings is 1. The van der Waals surface area contributed by atoms with E-state index in [0.29, 0.717) is 31.2 Å². The molecule has 0 N–H and O–H groups in total. The molecule has 0 atom stereocenters. The van der Waals surface area contributed by atoms with Gasteiger partial charge < -0.3 is 23.5 Å². The van der Waals surface area contributed by atoms with Crippen LogP contribution >= 0.6 is 0 Å². The van der Waals surface area contributed by atoms with E-state index in [-0.39, 0.29) is 12.7 Å². The number of hydrogen-bond donors (Lipinski definition) is 0. The molecule has 0 aliphatic carbocycles. The summed E-state index contributed by atoms with van der Waals surface area (Å²) in [6.07, 6.45) is 0. The zero-order valence-corrected chi connectivity index (χ0v) is 19.0. The Balaban J connectivity index is 1.13. The molecule has 1 amide bonds. The lowest BCUT2D eigenvalue weighted by molar-refractivity contribution is 0.0594. The molecule has 0 radical (unpaired) electrons. The normalized spacial score (nSPS) is 15.6. The van der Waals surface area contributed by atoms with Gasteiger partial charge in [-0.3, -0.25) is 9.69 Å². The van der Waals surface area contributed by atoms with Gasteiger partial charge in [0.25, 0.3) is 5.91 Å². The van der Waals surface area contributed by atoms with Gasteiger partial charge in [0, 0.05) is 32.7 Å². The first-order valence-corrected chi connectivity index (χ1v) is 11.2. The van der Waals surface area contributed by atoms with Gasteiger partial charge >= 0.3 is 0 Å². The summed E-state index contributed by atoms with van der Waals surface area (Å²) in [6.45, 7) is 8.39. The van der Waals surface area contributed by atoms with E-state index in [2.05, 4.69) is 17.0 Å². The van der Waals surface area contributed by atoms with Crippen molar-refractivity contribution in [2.45, 2.75) is 27.0 Å². The molecule has 7 heteroatoms. The lowest BCUT2D eigenvalue weighted by Gasteiger charge is -2.34. The average molecular weight is 449 g/mol. The Morgan fingerprint density at radius 1 is 0.939 bits per heavy atom. The monoisotopic (exact) mass is 448 g/mol. The van der Waals surface area contributed by atoms with E-state index < -0.39 is 0 Å². The smallest absolute Gasteiger partial charge is 0.289 e. The Bertz CT molecular complexity index is 1150. The fourth-order valence-electron chi connectivity index (χ4n) is 4.14. The quantitative estimate of drug-likeness (QED) is 0.564. The lowest BCUT2D eigenvalue weighted by Crippen LogP contribution is -2.48. The average Bonchev–Trinajstić information content (AvgIpc) is 3.49.